The van der Waals surface area contributed by atoms with E-state index in [1.807, 2.05) is 11.8 Å². The zero-order valence-corrected chi connectivity index (χ0v) is 15.6. The third-order valence-corrected chi connectivity index (χ3v) is 5.18. The van der Waals surface area contributed by atoms with Crippen molar-refractivity contribution in [2.24, 2.45) is 11.7 Å². The van der Waals surface area contributed by atoms with Crippen molar-refractivity contribution in [3.63, 3.8) is 0 Å². The average molecular weight is 392 g/mol. The quantitative estimate of drug-likeness (QED) is 0.870. The molecular weight excluding hydrogens is 372 g/mol. The fourth-order valence-electron chi connectivity index (χ4n) is 2.66. The fourth-order valence-corrected chi connectivity index (χ4v) is 3.70. The molecular formula is C16H20Cl2FN3OS. The number of nitrogens with zero attached hydrogens (tertiary/aromatic N) is 2. The number of carbonyl (C=O) groups is 1. The molecule has 2 aromatic rings. The molecule has 0 spiro atoms. The number of likely N-dealkylation sites (tertiary alicyclic amines) is 1. The van der Waals surface area contributed by atoms with Gasteiger partial charge in [-0.3, -0.25) is 4.79 Å². The van der Waals surface area contributed by atoms with Crippen molar-refractivity contribution in [3.05, 3.63) is 40.7 Å². The Bertz CT molecular complexity index is 693. The van der Waals surface area contributed by atoms with E-state index in [2.05, 4.69) is 4.98 Å². The molecule has 0 bridgehead atoms. The minimum atomic E-state index is -0.279. The van der Waals surface area contributed by atoms with Crippen molar-refractivity contribution >= 4 is 42.1 Å². The maximum absolute atomic E-state index is 13.0. The monoisotopic (exact) mass is 391 g/mol. The Morgan fingerprint density at radius 1 is 1.38 bits per heavy atom. The fraction of sp³-hybridized carbons (Fsp3) is 0.375. The number of halogens is 3. The molecule has 1 unspecified atom stereocenters. The lowest BCUT2D eigenvalue weighted by Crippen LogP contribution is -2.29. The summed E-state index contributed by atoms with van der Waals surface area (Å²) >= 11 is 1.37. The Balaban J connectivity index is 0.00000144. The molecule has 1 aromatic carbocycles. The lowest BCUT2D eigenvalue weighted by molar-refractivity contribution is 0.0791. The van der Waals surface area contributed by atoms with Gasteiger partial charge in [0.1, 0.15) is 15.7 Å². The van der Waals surface area contributed by atoms with Gasteiger partial charge in [0, 0.05) is 18.7 Å². The van der Waals surface area contributed by atoms with Gasteiger partial charge in [-0.05, 0) is 50.1 Å². The minimum absolute atomic E-state index is 0. The number of aryl methyl sites for hydroxylation is 1. The van der Waals surface area contributed by atoms with Crippen LogP contribution in [0.25, 0.3) is 10.6 Å². The standard InChI is InChI=1S/C16H18FN3OS.2ClH/c1-10-14(16(21)20-7-6-11(8-18)9-20)22-15(19-10)12-2-4-13(17)5-3-12;;/h2-5,11H,6-9,18H2,1H3;2*1H. The highest BCUT2D eigenvalue weighted by atomic mass is 35.5. The molecule has 2 N–H and O–H groups in total. The molecule has 1 aromatic heterocycles. The van der Waals surface area contributed by atoms with Crippen LogP contribution in [0.1, 0.15) is 21.8 Å². The largest absolute Gasteiger partial charge is 0.338 e. The van der Waals surface area contributed by atoms with Crippen LogP contribution in [0.4, 0.5) is 4.39 Å². The average Bonchev–Trinajstić information content (AvgIpc) is 3.14. The molecule has 4 nitrogen and oxygen atoms in total. The van der Waals surface area contributed by atoms with Gasteiger partial charge in [0.05, 0.1) is 5.69 Å². The first kappa shape index (κ1) is 20.8. The van der Waals surface area contributed by atoms with E-state index < -0.39 is 0 Å². The topological polar surface area (TPSA) is 59.2 Å². The van der Waals surface area contributed by atoms with E-state index in [0.29, 0.717) is 17.3 Å². The summed E-state index contributed by atoms with van der Waals surface area (Å²) in [5.41, 5.74) is 7.23. The Kier molecular flexibility index (Phi) is 7.60. The number of hydrogen-bond acceptors (Lipinski definition) is 4. The number of aromatic nitrogens is 1. The molecule has 1 amide bonds. The lowest BCUT2D eigenvalue weighted by atomic mass is 10.1. The van der Waals surface area contributed by atoms with Crippen molar-refractivity contribution in [1.82, 2.24) is 9.88 Å². The predicted molar refractivity (Wildman–Crippen MR) is 99.8 cm³/mol. The Morgan fingerprint density at radius 2 is 2.04 bits per heavy atom. The Hall–Kier alpha value is -1.21. The summed E-state index contributed by atoms with van der Waals surface area (Å²) in [5, 5.41) is 0.746. The van der Waals surface area contributed by atoms with E-state index >= 15 is 0 Å². The molecule has 1 atom stereocenters. The third-order valence-electron chi connectivity index (χ3n) is 3.99. The summed E-state index contributed by atoms with van der Waals surface area (Å²) in [7, 11) is 0. The van der Waals surface area contributed by atoms with Crippen LogP contribution in [0.15, 0.2) is 24.3 Å². The van der Waals surface area contributed by atoms with Crippen LogP contribution in [0, 0.1) is 18.7 Å². The van der Waals surface area contributed by atoms with Crippen molar-refractivity contribution in [1.29, 1.82) is 0 Å². The van der Waals surface area contributed by atoms with Crippen LogP contribution in [-0.2, 0) is 0 Å². The second-order valence-corrected chi connectivity index (χ2v) is 6.58. The zero-order chi connectivity index (χ0) is 15.7. The highest BCUT2D eigenvalue weighted by molar-refractivity contribution is 7.17. The van der Waals surface area contributed by atoms with Crippen molar-refractivity contribution < 1.29 is 9.18 Å². The maximum Gasteiger partial charge on any atom is 0.265 e. The van der Waals surface area contributed by atoms with E-state index in [1.165, 1.54) is 23.5 Å². The molecule has 8 heteroatoms. The number of nitrogens with two attached hydrogens (primary N) is 1. The van der Waals surface area contributed by atoms with Gasteiger partial charge < -0.3 is 10.6 Å². The van der Waals surface area contributed by atoms with Gasteiger partial charge in [-0.25, -0.2) is 9.37 Å². The maximum atomic E-state index is 13.0. The van der Waals surface area contributed by atoms with E-state index in [-0.39, 0.29) is 36.5 Å². The lowest BCUT2D eigenvalue weighted by Gasteiger charge is -2.15. The van der Waals surface area contributed by atoms with Crippen molar-refractivity contribution in [2.75, 3.05) is 19.6 Å². The highest BCUT2D eigenvalue weighted by Crippen LogP contribution is 2.30. The summed E-state index contributed by atoms with van der Waals surface area (Å²) in [5.74, 6) is 0.145. The molecule has 0 aliphatic carbocycles. The molecule has 1 fully saturated rings. The Morgan fingerprint density at radius 3 is 2.62 bits per heavy atom. The first-order valence-corrected chi connectivity index (χ1v) is 8.13. The minimum Gasteiger partial charge on any atom is -0.338 e. The molecule has 24 heavy (non-hydrogen) atoms. The van der Waals surface area contributed by atoms with Crippen LogP contribution in [0.5, 0.6) is 0 Å². The summed E-state index contributed by atoms with van der Waals surface area (Å²) in [6, 6.07) is 6.17. The molecule has 132 valence electrons. The Labute approximate surface area is 157 Å². The van der Waals surface area contributed by atoms with Gasteiger partial charge in [-0.1, -0.05) is 0 Å². The second kappa shape index (κ2) is 8.76. The first-order chi connectivity index (χ1) is 10.6. The highest BCUT2D eigenvalue weighted by Gasteiger charge is 2.28. The molecule has 1 saturated heterocycles. The second-order valence-electron chi connectivity index (χ2n) is 5.58. The number of rotatable bonds is 3. The van der Waals surface area contributed by atoms with Crippen molar-refractivity contribution in [3.8, 4) is 10.6 Å². The van der Waals surface area contributed by atoms with Gasteiger partial charge in [-0.15, -0.1) is 36.2 Å². The normalized spacial score (nSPS) is 16.5. The van der Waals surface area contributed by atoms with E-state index in [1.54, 1.807) is 12.1 Å². The molecule has 1 aliphatic heterocycles. The molecule has 2 heterocycles. The van der Waals surface area contributed by atoms with Gasteiger partial charge in [-0.2, -0.15) is 0 Å². The van der Waals surface area contributed by atoms with Gasteiger partial charge in [0.25, 0.3) is 5.91 Å². The molecule has 0 radical (unpaired) electrons. The summed E-state index contributed by atoms with van der Waals surface area (Å²) in [4.78, 5) is 19.6. The summed E-state index contributed by atoms with van der Waals surface area (Å²) in [6.45, 7) is 3.93. The number of carbonyl (C=O) groups excluding carboxylic acids is 1. The van der Waals surface area contributed by atoms with E-state index in [4.69, 9.17) is 5.73 Å². The van der Waals surface area contributed by atoms with Crippen LogP contribution in [0.3, 0.4) is 0 Å². The number of hydrogen-bond donors (Lipinski definition) is 1. The van der Waals surface area contributed by atoms with Crippen molar-refractivity contribution in [2.45, 2.75) is 13.3 Å². The number of benzene rings is 1. The van der Waals surface area contributed by atoms with Crippen LogP contribution in [-0.4, -0.2) is 35.4 Å². The zero-order valence-electron chi connectivity index (χ0n) is 13.2. The van der Waals surface area contributed by atoms with E-state index in [9.17, 15) is 9.18 Å². The van der Waals surface area contributed by atoms with Gasteiger partial charge in [0.2, 0.25) is 0 Å². The van der Waals surface area contributed by atoms with Crippen LogP contribution >= 0.6 is 36.2 Å². The van der Waals surface area contributed by atoms with E-state index in [0.717, 1.165) is 35.8 Å². The van der Waals surface area contributed by atoms with Gasteiger partial charge in [0.15, 0.2) is 0 Å². The number of amides is 1. The summed E-state index contributed by atoms with van der Waals surface area (Å²) in [6.07, 6.45) is 0.963. The first-order valence-electron chi connectivity index (χ1n) is 7.31. The molecule has 3 rings (SSSR count). The smallest absolute Gasteiger partial charge is 0.265 e. The third kappa shape index (κ3) is 4.25. The number of thiazole rings is 1. The van der Waals surface area contributed by atoms with Crippen LogP contribution < -0.4 is 5.73 Å². The van der Waals surface area contributed by atoms with Gasteiger partial charge >= 0.3 is 0 Å². The summed E-state index contributed by atoms with van der Waals surface area (Å²) < 4.78 is 13.0. The molecule has 0 saturated carbocycles. The van der Waals surface area contributed by atoms with Crippen LogP contribution in [0.2, 0.25) is 0 Å². The predicted octanol–water partition coefficient (Wildman–Crippen LogP) is 3.52. The molecule has 1 aliphatic rings. The SMILES string of the molecule is Cc1nc(-c2ccc(F)cc2)sc1C(=O)N1CCC(CN)C1.Cl.Cl.